The van der Waals surface area contributed by atoms with Crippen molar-refractivity contribution in [2.75, 3.05) is 48.7 Å². The minimum absolute atomic E-state index is 0.166. The summed E-state index contributed by atoms with van der Waals surface area (Å²) in [6.45, 7) is 0.657. The average molecular weight is 522 g/mol. The number of nitrogens with zero attached hydrogens (tertiary/aromatic N) is 1. The van der Waals surface area contributed by atoms with Crippen LogP contribution in [0.3, 0.4) is 0 Å². The molecule has 9 heteroatoms. The van der Waals surface area contributed by atoms with Crippen LogP contribution in [0, 0.1) is 0 Å². The van der Waals surface area contributed by atoms with Crippen LogP contribution in [0.4, 0.5) is 0 Å². The largest absolute Gasteiger partial charge is 0.493 e. The Labute approximate surface area is 221 Å². The topological polar surface area (TPSA) is 92.8 Å². The molecule has 0 bridgehead atoms. The smallest absolute Gasteiger partial charge is 0.337 e. The highest BCUT2D eigenvalue weighted by molar-refractivity contribution is 5.95. The lowest BCUT2D eigenvalue weighted by molar-refractivity contribution is 0.0582. The normalized spacial score (nSPS) is 14.2. The molecule has 1 heterocycles. The van der Waals surface area contributed by atoms with Crippen LogP contribution in [-0.4, -0.2) is 65.5 Å². The van der Waals surface area contributed by atoms with E-state index in [1.807, 2.05) is 12.1 Å². The number of rotatable bonds is 9. The van der Waals surface area contributed by atoms with E-state index in [-0.39, 0.29) is 12.5 Å². The van der Waals surface area contributed by atoms with E-state index < -0.39 is 12.0 Å². The van der Waals surface area contributed by atoms with Gasteiger partial charge in [-0.1, -0.05) is 0 Å². The van der Waals surface area contributed by atoms with Crippen molar-refractivity contribution in [3.63, 3.8) is 0 Å². The van der Waals surface area contributed by atoms with Gasteiger partial charge in [-0.3, -0.25) is 4.79 Å². The minimum atomic E-state index is -0.425. The zero-order valence-corrected chi connectivity index (χ0v) is 22.1. The van der Waals surface area contributed by atoms with E-state index in [0.29, 0.717) is 52.8 Å². The molecule has 0 aromatic heterocycles. The fraction of sp³-hybridized carbons (Fsp3) is 0.310. The van der Waals surface area contributed by atoms with Crippen LogP contribution < -0.4 is 23.7 Å². The lowest BCUT2D eigenvalue weighted by Gasteiger charge is -2.37. The number of ether oxygens (including phenoxy) is 6. The number of fused-ring (bicyclic) bond motifs is 1. The van der Waals surface area contributed by atoms with Crippen LogP contribution >= 0.6 is 0 Å². The van der Waals surface area contributed by atoms with E-state index in [2.05, 4.69) is 0 Å². The number of carbonyl (C=O) groups is 2. The summed E-state index contributed by atoms with van der Waals surface area (Å²) in [4.78, 5) is 27.4. The van der Waals surface area contributed by atoms with Crippen LogP contribution in [0.2, 0.25) is 0 Å². The van der Waals surface area contributed by atoms with Crippen molar-refractivity contribution in [3.8, 4) is 28.7 Å². The number of esters is 1. The molecule has 1 amide bonds. The summed E-state index contributed by atoms with van der Waals surface area (Å²) in [6.07, 6.45) is 0.638. The van der Waals surface area contributed by atoms with Crippen molar-refractivity contribution in [2.45, 2.75) is 12.5 Å². The maximum atomic E-state index is 13.8. The molecule has 0 saturated heterocycles. The van der Waals surface area contributed by atoms with Crippen molar-refractivity contribution < 1.29 is 38.0 Å². The molecule has 4 rings (SSSR count). The maximum absolute atomic E-state index is 13.8. The third-order valence-electron chi connectivity index (χ3n) is 6.58. The highest BCUT2D eigenvalue weighted by Crippen LogP contribution is 2.39. The SMILES string of the molecule is COC(=O)c1ccc(OCC2c3cc(OC)c(OC)cc3CCN2C(=O)c2ccc(OC)c(OC)c2)cc1. The minimum Gasteiger partial charge on any atom is -0.493 e. The standard InChI is InChI=1S/C29H31NO8/c1-33-24-11-8-20(15-25(24)34-2)28(31)30-13-12-19-14-26(35-3)27(36-4)16-22(19)23(30)17-38-21-9-6-18(7-10-21)29(32)37-5/h6-11,14-16,23H,12-13,17H2,1-5H3. The van der Waals surface area contributed by atoms with Crippen molar-refractivity contribution in [3.05, 3.63) is 76.9 Å². The number of benzene rings is 3. The first-order valence-corrected chi connectivity index (χ1v) is 12.0. The fourth-order valence-corrected chi connectivity index (χ4v) is 4.57. The third kappa shape index (κ3) is 5.32. The van der Waals surface area contributed by atoms with Crippen molar-refractivity contribution in [2.24, 2.45) is 0 Å². The summed E-state index contributed by atoms with van der Waals surface area (Å²) in [5, 5.41) is 0. The van der Waals surface area contributed by atoms with Gasteiger partial charge in [0.1, 0.15) is 12.4 Å². The van der Waals surface area contributed by atoms with Crippen molar-refractivity contribution >= 4 is 11.9 Å². The molecular formula is C29H31NO8. The first-order valence-electron chi connectivity index (χ1n) is 12.0. The zero-order chi connectivity index (χ0) is 27.2. The molecule has 0 N–H and O–H groups in total. The second kappa shape index (κ2) is 11.8. The Balaban J connectivity index is 1.68. The molecule has 0 spiro atoms. The van der Waals surface area contributed by atoms with E-state index >= 15 is 0 Å². The highest BCUT2D eigenvalue weighted by atomic mass is 16.5. The van der Waals surface area contributed by atoms with E-state index in [0.717, 1.165) is 11.1 Å². The molecule has 1 unspecified atom stereocenters. The zero-order valence-electron chi connectivity index (χ0n) is 22.1. The number of hydrogen-bond acceptors (Lipinski definition) is 8. The summed E-state index contributed by atoms with van der Waals surface area (Å²) in [6, 6.07) is 15.2. The van der Waals surface area contributed by atoms with E-state index in [1.54, 1.807) is 68.7 Å². The molecule has 9 nitrogen and oxygen atoms in total. The van der Waals surface area contributed by atoms with Gasteiger partial charge in [0.25, 0.3) is 5.91 Å². The van der Waals surface area contributed by atoms with Crippen LogP contribution in [0.25, 0.3) is 0 Å². The molecule has 1 aliphatic rings. The summed E-state index contributed by atoms with van der Waals surface area (Å²) < 4.78 is 32.7. The third-order valence-corrected chi connectivity index (χ3v) is 6.58. The first-order chi connectivity index (χ1) is 18.4. The Morgan fingerprint density at radius 1 is 0.763 bits per heavy atom. The van der Waals surface area contributed by atoms with Gasteiger partial charge in [0.2, 0.25) is 0 Å². The van der Waals surface area contributed by atoms with Crippen molar-refractivity contribution in [1.82, 2.24) is 4.90 Å². The highest BCUT2D eigenvalue weighted by Gasteiger charge is 2.33. The molecule has 38 heavy (non-hydrogen) atoms. The molecule has 0 aliphatic carbocycles. The first kappa shape index (κ1) is 26.7. The molecule has 200 valence electrons. The maximum Gasteiger partial charge on any atom is 0.337 e. The molecular weight excluding hydrogens is 490 g/mol. The molecule has 0 fully saturated rings. The number of amides is 1. The molecule has 1 atom stereocenters. The van der Waals surface area contributed by atoms with E-state index in [4.69, 9.17) is 28.4 Å². The molecule has 3 aromatic carbocycles. The molecule has 3 aromatic rings. The van der Waals surface area contributed by atoms with Gasteiger partial charge >= 0.3 is 5.97 Å². The van der Waals surface area contributed by atoms with Gasteiger partial charge in [-0.05, 0) is 72.1 Å². The second-order valence-electron chi connectivity index (χ2n) is 8.57. The van der Waals surface area contributed by atoms with E-state index in [9.17, 15) is 9.59 Å². The summed E-state index contributed by atoms with van der Waals surface area (Å²) in [7, 11) is 7.59. The van der Waals surface area contributed by atoms with Gasteiger partial charge < -0.3 is 33.3 Å². The van der Waals surface area contributed by atoms with E-state index in [1.165, 1.54) is 14.2 Å². The summed E-state index contributed by atoms with van der Waals surface area (Å²) in [5.74, 6) is 2.18. The van der Waals surface area contributed by atoms with Crippen molar-refractivity contribution in [1.29, 1.82) is 0 Å². The predicted octanol–water partition coefficient (Wildman–Crippen LogP) is 4.33. The summed E-state index contributed by atoms with van der Waals surface area (Å²) in [5.41, 5.74) is 2.85. The lowest BCUT2D eigenvalue weighted by atomic mass is 9.91. The molecule has 0 radical (unpaired) electrons. The predicted molar refractivity (Wildman–Crippen MR) is 140 cm³/mol. The Morgan fingerprint density at radius 3 is 2.00 bits per heavy atom. The summed E-state index contributed by atoms with van der Waals surface area (Å²) >= 11 is 0. The van der Waals surface area contributed by atoms with Gasteiger partial charge in [0.05, 0.1) is 47.2 Å². The van der Waals surface area contributed by atoms with Gasteiger partial charge in [0, 0.05) is 12.1 Å². The monoisotopic (exact) mass is 521 g/mol. The second-order valence-corrected chi connectivity index (χ2v) is 8.57. The van der Waals surface area contributed by atoms with Crippen LogP contribution in [0.5, 0.6) is 28.7 Å². The Morgan fingerprint density at radius 2 is 1.37 bits per heavy atom. The number of hydrogen-bond donors (Lipinski definition) is 0. The molecule has 1 aliphatic heterocycles. The number of carbonyl (C=O) groups excluding carboxylic acids is 2. The molecule has 0 saturated carbocycles. The van der Waals surface area contributed by atoms with Gasteiger partial charge in [-0.25, -0.2) is 4.79 Å². The van der Waals surface area contributed by atoms with Gasteiger partial charge in [0.15, 0.2) is 23.0 Å². The van der Waals surface area contributed by atoms with Crippen LogP contribution in [0.15, 0.2) is 54.6 Å². The average Bonchev–Trinajstić information content (AvgIpc) is 2.97. The Kier molecular flexibility index (Phi) is 8.25. The van der Waals surface area contributed by atoms with Crippen LogP contribution in [-0.2, 0) is 11.2 Å². The van der Waals surface area contributed by atoms with Gasteiger partial charge in [-0.15, -0.1) is 0 Å². The quantitative estimate of drug-likeness (QED) is 0.385. The van der Waals surface area contributed by atoms with Crippen LogP contribution in [0.1, 0.15) is 37.9 Å². The lowest BCUT2D eigenvalue weighted by Crippen LogP contribution is -2.42. The Bertz CT molecular complexity index is 1300. The number of methoxy groups -OCH3 is 5. The Hall–Kier alpha value is -4.40. The van der Waals surface area contributed by atoms with Gasteiger partial charge in [-0.2, -0.15) is 0 Å². The fourth-order valence-electron chi connectivity index (χ4n) is 4.57.